The van der Waals surface area contributed by atoms with Gasteiger partial charge in [0.25, 0.3) is 0 Å². The van der Waals surface area contributed by atoms with Crippen LogP contribution in [0.25, 0.3) is 0 Å². The summed E-state index contributed by atoms with van der Waals surface area (Å²) in [4.78, 5) is 24.7. The second-order valence-corrected chi connectivity index (χ2v) is 7.68. The van der Waals surface area contributed by atoms with Crippen molar-refractivity contribution in [2.24, 2.45) is 0 Å². The van der Waals surface area contributed by atoms with Crippen molar-refractivity contribution in [1.29, 1.82) is 0 Å². The summed E-state index contributed by atoms with van der Waals surface area (Å²) >= 11 is 12.3. The van der Waals surface area contributed by atoms with Crippen LogP contribution in [-0.4, -0.2) is 31.1 Å². The molecule has 1 aromatic rings. The third-order valence-electron chi connectivity index (χ3n) is 5.07. The van der Waals surface area contributed by atoms with Crippen LogP contribution in [0.4, 0.5) is 4.79 Å². The molecule has 0 radical (unpaired) electrons. The third kappa shape index (κ3) is 5.04. The second-order valence-electron chi connectivity index (χ2n) is 6.84. The van der Waals surface area contributed by atoms with E-state index in [1.807, 2.05) is 12.1 Å². The van der Waals surface area contributed by atoms with Crippen molar-refractivity contribution in [2.75, 3.05) is 13.6 Å². The second kappa shape index (κ2) is 9.47. The van der Waals surface area contributed by atoms with Crippen molar-refractivity contribution >= 4 is 35.1 Å². The number of likely N-dealkylation sites (N-methyl/N-ethyl adjacent to an activating group) is 1. The highest BCUT2D eigenvalue weighted by Crippen LogP contribution is 2.41. The Morgan fingerprint density at radius 1 is 1.23 bits per heavy atom. The van der Waals surface area contributed by atoms with Crippen molar-refractivity contribution in [3.05, 3.63) is 33.8 Å². The zero-order valence-electron chi connectivity index (χ0n) is 15.3. The van der Waals surface area contributed by atoms with E-state index < -0.39 is 5.54 Å². The molecule has 2 rings (SSSR count). The van der Waals surface area contributed by atoms with Crippen molar-refractivity contribution in [3.8, 4) is 0 Å². The number of carbonyl (C=O) groups is 2. The van der Waals surface area contributed by atoms with Gasteiger partial charge >= 0.3 is 6.03 Å². The average Bonchev–Trinajstić information content (AvgIpc) is 2.62. The molecule has 7 heteroatoms. The summed E-state index contributed by atoms with van der Waals surface area (Å²) in [6.07, 6.45) is 4.59. The summed E-state index contributed by atoms with van der Waals surface area (Å²) in [6, 6.07) is 5.25. The number of amides is 3. The van der Waals surface area contributed by atoms with E-state index in [-0.39, 0.29) is 17.9 Å². The standard InChI is InChI=1S/C19H27Cl2N3O2/c1-3-4-11-23-18(26)24-19(17(25)22-2)9-7-13(8-10-19)15-6-5-14(20)12-16(15)21/h5-6,12-13H,3-4,7-11H2,1-2H3,(H,22,25)(H2,23,24,26). The van der Waals surface area contributed by atoms with Crippen LogP contribution in [0.2, 0.25) is 10.0 Å². The predicted octanol–water partition coefficient (Wildman–Crippen LogP) is 4.24. The van der Waals surface area contributed by atoms with Gasteiger partial charge in [0.2, 0.25) is 5.91 Å². The first kappa shape index (κ1) is 20.8. The highest BCUT2D eigenvalue weighted by atomic mass is 35.5. The Kier molecular flexibility index (Phi) is 7.59. The summed E-state index contributed by atoms with van der Waals surface area (Å²) in [6.45, 7) is 2.67. The van der Waals surface area contributed by atoms with Crippen LogP contribution >= 0.6 is 23.2 Å². The number of unbranched alkanes of at least 4 members (excludes halogenated alkanes) is 1. The lowest BCUT2D eigenvalue weighted by molar-refractivity contribution is -0.128. The van der Waals surface area contributed by atoms with E-state index in [0.717, 1.165) is 31.2 Å². The van der Waals surface area contributed by atoms with Gasteiger partial charge in [0, 0.05) is 23.6 Å². The fraction of sp³-hybridized carbons (Fsp3) is 0.579. The van der Waals surface area contributed by atoms with E-state index in [4.69, 9.17) is 23.2 Å². The van der Waals surface area contributed by atoms with Crippen LogP contribution in [0.5, 0.6) is 0 Å². The molecule has 0 atom stereocenters. The largest absolute Gasteiger partial charge is 0.357 e. The molecule has 0 unspecified atom stereocenters. The first-order chi connectivity index (χ1) is 12.4. The Labute approximate surface area is 165 Å². The van der Waals surface area contributed by atoms with Crippen LogP contribution < -0.4 is 16.0 Å². The van der Waals surface area contributed by atoms with Gasteiger partial charge in [-0.15, -0.1) is 0 Å². The van der Waals surface area contributed by atoms with Crippen LogP contribution in [0.3, 0.4) is 0 Å². The van der Waals surface area contributed by atoms with E-state index in [2.05, 4.69) is 22.9 Å². The molecule has 0 aliphatic heterocycles. The molecule has 0 aromatic heterocycles. The minimum Gasteiger partial charge on any atom is -0.357 e. The molecule has 3 N–H and O–H groups in total. The number of carbonyl (C=O) groups excluding carboxylic acids is 2. The smallest absolute Gasteiger partial charge is 0.315 e. The lowest BCUT2D eigenvalue weighted by Crippen LogP contribution is -2.61. The fourth-order valence-electron chi connectivity index (χ4n) is 3.54. The Hall–Kier alpha value is -1.46. The maximum Gasteiger partial charge on any atom is 0.315 e. The van der Waals surface area contributed by atoms with Gasteiger partial charge in [0.05, 0.1) is 0 Å². The van der Waals surface area contributed by atoms with Gasteiger partial charge in [-0.1, -0.05) is 42.6 Å². The summed E-state index contributed by atoms with van der Waals surface area (Å²) in [5.41, 5.74) is 0.175. The number of nitrogens with one attached hydrogen (secondary N) is 3. The van der Waals surface area contributed by atoms with E-state index in [0.29, 0.717) is 29.4 Å². The Bertz CT molecular complexity index is 644. The van der Waals surface area contributed by atoms with Gasteiger partial charge in [0.1, 0.15) is 5.54 Å². The van der Waals surface area contributed by atoms with E-state index in [1.165, 1.54) is 0 Å². The average molecular weight is 400 g/mol. The number of halogens is 2. The maximum atomic E-state index is 12.5. The molecular formula is C19H27Cl2N3O2. The lowest BCUT2D eigenvalue weighted by Gasteiger charge is -2.39. The molecule has 0 heterocycles. The minimum absolute atomic E-state index is 0.149. The van der Waals surface area contributed by atoms with Gasteiger partial charge in [-0.05, 0) is 55.7 Å². The fourth-order valence-corrected chi connectivity index (χ4v) is 4.11. The van der Waals surface area contributed by atoms with Crippen molar-refractivity contribution in [2.45, 2.75) is 56.9 Å². The highest BCUT2D eigenvalue weighted by Gasteiger charge is 2.43. The van der Waals surface area contributed by atoms with Crippen LogP contribution in [0.1, 0.15) is 56.9 Å². The number of hydrogen-bond donors (Lipinski definition) is 3. The van der Waals surface area contributed by atoms with E-state index >= 15 is 0 Å². The molecule has 5 nitrogen and oxygen atoms in total. The molecule has 1 aromatic carbocycles. The SMILES string of the molecule is CCCCNC(=O)NC1(C(=O)NC)CCC(c2ccc(Cl)cc2Cl)CC1. The Balaban J connectivity index is 2.06. The molecular weight excluding hydrogens is 373 g/mol. The summed E-state index contributed by atoms with van der Waals surface area (Å²) in [5, 5.41) is 9.71. The molecule has 0 saturated heterocycles. The number of rotatable bonds is 6. The molecule has 3 amide bonds. The van der Waals surface area contributed by atoms with E-state index in [9.17, 15) is 9.59 Å². The number of urea groups is 1. The van der Waals surface area contributed by atoms with Crippen LogP contribution in [-0.2, 0) is 4.79 Å². The summed E-state index contributed by atoms with van der Waals surface area (Å²) < 4.78 is 0. The van der Waals surface area contributed by atoms with Crippen molar-refractivity contribution in [3.63, 3.8) is 0 Å². The molecule has 1 fully saturated rings. The van der Waals surface area contributed by atoms with E-state index in [1.54, 1.807) is 13.1 Å². The van der Waals surface area contributed by atoms with Gasteiger partial charge in [-0.25, -0.2) is 4.79 Å². The number of hydrogen-bond acceptors (Lipinski definition) is 2. The lowest BCUT2D eigenvalue weighted by atomic mass is 9.73. The van der Waals surface area contributed by atoms with Gasteiger partial charge < -0.3 is 16.0 Å². The maximum absolute atomic E-state index is 12.5. The minimum atomic E-state index is -0.875. The zero-order chi connectivity index (χ0) is 19.2. The molecule has 26 heavy (non-hydrogen) atoms. The topological polar surface area (TPSA) is 70.2 Å². The van der Waals surface area contributed by atoms with Gasteiger partial charge in [0.15, 0.2) is 0 Å². The number of benzene rings is 1. The van der Waals surface area contributed by atoms with Crippen LogP contribution in [0, 0.1) is 0 Å². The van der Waals surface area contributed by atoms with Crippen molar-refractivity contribution in [1.82, 2.24) is 16.0 Å². The molecule has 144 valence electrons. The monoisotopic (exact) mass is 399 g/mol. The molecule has 1 saturated carbocycles. The first-order valence-corrected chi connectivity index (χ1v) is 9.90. The molecule has 0 spiro atoms. The molecule has 0 bridgehead atoms. The van der Waals surface area contributed by atoms with Crippen molar-refractivity contribution < 1.29 is 9.59 Å². The molecule has 1 aliphatic rings. The predicted molar refractivity (Wildman–Crippen MR) is 106 cm³/mol. The third-order valence-corrected chi connectivity index (χ3v) is 5.63. The summed E-state index contributed by atoms with van der Waals surface area (Å²) in [5.74, 6) is 0.103. The van der Waals surface area contributed by atoms with Gasteiger partial charge in [-0.2, -0.15) is 0 Å². The Morgan fingerprint density at radius 2 is 1.92 bits per heavy atom. The van der Waals surface area contributed by atoms with Crippen LogP contribution in [0.15, 0.2) is 18.2 Å². The molecule has 1 aliphatic carbocycles. The zero-order valence-corrected chi connectivity index (χ0v) is 16.8. The van der Waals surface area contributed by atoms with Gasteiger partial charge in [-0.3, -0.25) is 4.79 Å². The Morgan fingerprint density at radius 3 is 2.50 bits per heavy atom. The normalized spacial score (nSPS) is 22.5. The quantitative estimate of drug-likeness (QED) is 0.626. The highest BCUT2D eigenvalue weighted by molar-refractivity contribution is 6.35. The first-order valence-electron chi connectivity index (χ1n) is 9.15. The summed E-state index contributed by atoms with van der Waals surface area (Å²) in [7, 11) is 1.60.